The molecular formula is C24H26N3O+. The molecular weight excluding hydrogens is 346 g/mol. The monoisotopic (exact) mass is 372 g/mol. The van der Waals surface area contributed by atoms with Gasteiger partial charge in [-0.15, -0.1) is 0 Å². The summed E-state index contributed by atoms with van der Waals surface area (Å²) in [6, 6.07) is 23.3. The number of pyridine rings is 1. The summed E-state index contributed by atoms with van der Waals surface area (Å²) in [4.78, 5) is 2.36. The summed E-state index contributed by atoms with van der Waals surface area (Å²) in [5.74, 6) is 0.859. The van der Waals surface area contributed by atoms with Crippen LogP contribution in [0.1, 0.15) is 13.8 Å². The number of nitrogens with zero attached hydrogens (tertiary/aromatic N) is 3. The summed E-state index contributed by atoms with van der Waals surface area (Å²) in [6.45, 7) is 6.40. The third-order valence-corrected chi connectivity index (χ3v) is 5.23. The average Bonchev–Trinajstić information content (AvgIpc) is 3.15. The van der Waals surface area contributed by atoms with Crippen molar-refractivity contribution in [3.8, 4) is 22.7 Å². The molecule has 0 N–H and O–H groups in total. The highest BCUT2D eigenvalue weighted by Gasteiger charge is 2.21. The van der Waals surface area contributed by atoms with Gasteiger partial charge in [-0.05, 0) is 74.5 Å². The highest BCUT2D eigenvalue weighted by atomic mass is 16.5. The zero-order valence-electron chi connectivity index (χ0n) is 16.7. The maximum atomic E-state index is 5.32. The lowest BCUT2D eigenvalue weighted by Gasteiger charge is -2.21. The fourth-order valence-corrected chi connectivity index (χ4v) is 3.71. The fourth-order valence-electron chi connectivity index (χ4n) is 3.71. The molecule has 0 spiro atoms. The van der Waals surface area contributed by atoms with Crippen molar-refractivity contribution in [1.82, 2.24) is 4.57 Å². The number of aromatic nitrogens is 2. The second kappa shape index (κ2) is 7.77. The number of benzene rings is 2. The van der Waals surface area contributed by atoms with Crippen LogP contribution in [0.5, 0.6) is 5.75 Å². The third-order valence-electron chi connectivity index (χ3n) is 5.23. The van der Waals surface area contributed by atoms with E-state index < -0.39 is 0 Å². The Morgan fingerprint density at radius 3 is 2.25 bits per heavy atom. The van der Waals surface area contributed by atoms with E-state index >= 15 is 0 Å². The zero-order valence-corrected chi connectivity index (χ0v) is 16.7. The predicted molar refractivity (Wildman–Crippen MR) is 114 cm³/mol. The second-order valence-corrected chi connectivity index (χ2v) is 6.74. The van der Waals surface area contributed by atoms with Crippen molar-refractivity contribution in [3.05, 3.63) is 79.3 Å². The van der Waals surface area contributed by atoms with E-state index in [-0.39, 0.29) is 0 Å². The van der Waals surface area contributed by atoms with E-state index in [0.29, 0.717) is 0 Å². The van der Waals surface area contributed by atoms with Crippen LogP contribution < -0.4 is 14.0 Å². The molecule has 142 valence electrons. The molecule has 4 heteroatoms. The molecule has 0 atom stereocenters. The number of imidazole rings is 1. The van der Waals surface area contributed by atoms with Crippen LogP contribution in [0, 0.1) is 0 Å². The van der Waals surface area contributed by atoms with Crippen LogP contribution in [0.4, 0.5) is 5.69 Å². The lowest BCUT2D eigenvalue weighted by Crippen LogP contribution is -2.21. The predicted octanol–water partition coefficient (Wildman–Crippen LogP) is 4.74. The zero-order chi connectivity index (χ0) is 19.5. The van der Waals surface area contributed by atoms with E-state index in [1.54, 1.807) is 7.11 Å². The minimum atomic E-state index is 0.859. The van der Waals surface area contributed by atoms with E-state index in [4.69, 9.17) is 4.74 Å². The normalized spacial score (nSPS) is 11.0. The van der Waals surface area contributed by atoms with Crippen molar-refractivity contribution >= 4 is 11.2 Å². The minimum Gasteiger partial charge on any atom is -0.497 e. The van der Waals surface area contributed by atoms with Crippen molar-refractivity contribution in [1.29, 1.82) is 0 Å². The number of anilines is 1. The van der Waals surface area contributed by atoms with Gasteiger partial charge >= 0.3 is 0 Å². The first-order valence-corrected chi connectivity index (χ1v) is 9.76. The Hall–Kier alpha value is -3.27. The minimum absolute atomic E-state index is 0.859. The van der Waals surface area contributed by atoms with Crippen LogP contribution in [-0.4, -0.2) is 24.8 Å². The van der Waals surface area contributed by atoms with Gasteiger partial charge in [0.05, 0.1) is 13.3 Å². The fraction of sp³-hybridized carbons (Fsp3) is 0.208. The van der Waals surface area contributed by atoms with Crippen LogP contribution in [0.3, 0.4) is 0 Å². The van der Waals surface area contributed by atoms with Crippen LogP contribution >= 0.6 is 0 Å². The lowest BCUT2D eigenvalue weighted by atomic mass is 10.1. The molecule has 28 heavy (non-hydrogen) atoms. The van der Waals surface area contributed by atoms with Crippen molar-refractivity contribution in [3.63, 3.8) is 0 Å². The Morgan fingerprint density at radius 1 is 0.893 bits per heavy atom. The Kier molecular flexibility index (Phi) is 5.02. The van der Waals surface area contributed by atoms with Gasteiger partial charge in [0, 0.05) is 24.3 Å². The first-order valence-electron chi connectivity index (χ1n) is 9.76. The smallest absolute Gasteiger partial charge is 0.254 e. The molecule has 0 aliphatic rings. The van der Waals surface area contributed by atoms with Crippen molar-refractivity contribution < 1.29 is 9.14 Å². The summed E-state index contributed by atoms with van der Waals surface area (Å²) < 4.78 is 9.72. The van der Waals surface area contributed by atoms with Crippen LogP contribution in [0.2, 0.25) is 0 Å². The summed E-state index contributed by atoms with van der Waals surface area (Å²) >= 11 is 0. The first-order chi connectivity index (χ1) is 13.7. The van der Waals surface area contributed by atoms with E-state index in [9.17, 15) is 0 Å². The highest BCUT2D eigenvalue weighted by molar-refractivity contribution is 5.77. The Bertz CT molecular complexity index is 1060. The van der Waals surface area contributed by atoms with Gasteiger partial charge in [-0.3, -0.25) is 0 Å². The second-order valence-electron chi connectivity index (χ2n) is 6.74. The SMILES string of the molecule is CCN(CC)c1ccc(-c2c3cccc[n+]3cn2-c2ccc(OC)cc2)cc1. The molecule has 0 aliphatic heterocycles. The summed E-state index contributed by atoms with van der Waals surface area (Å²) in [6.07, 6.45) is 4.22. The molecule has 0 aliphatic carbocycles. The maximum absolute atomic E-state index is 5.32. The average molecular weight is 372 g/mol. The van der Waals surface area contributed by atoms with E-state index in [0.717, 1.165) is 24.5 Å². The van der Waals surface area contributed by atoms with Crippen molar-refractivity contribution in [2.45, 2.75) is 13.8 Å². The Morgan fingerprint density at radius 2 is 1.61 bits per heavy atom. The largest absolute Gasteiger partial charge is 0.497 e. The highest BCUT2D eigenvalue weighted by Crippen LogP contribution is 2.29. The third kappa shape index (κ3) is 3.22. The first kappa shape index (κ1) is 18.1. The van der Waals surface area contributed by atoms with Gasteiger partial charge in [0.25, 0.3) is 6.33 Å². The molecule has 0 saturated carbocycles. The van der Waals surface area contributed by atoms with Crippen LogP contribution in [0.25, 0.3) is 22.5 Å². The molecule has 2 aromatic carbocycles. The Labute approximate surface area is 166 Å². The Balaban J connectivity index is 1.85. The molecule has 0 unspecified atom stereocenters. The quantitative estimate of drug-likeness (QED) is 0.456. The number of rotatable bonds is 6. The molecule has 4 aromatic rings. The van der Waals surface area contributed by atoms with Gasteiger partial charge in [-0.1, -0.05) is 6.07 Å². The van der Waals surface area contributed by atoms with E-state index in [1.807, 2.05) is 12.1 Å². The number of ether oxygens (including phenoxy) is 1. The van der Waals surface area contributed by atoms with Crippen LogP contribution in [0.15, 0.2) is 79.3 Å². The molecule has 0 fully saturated rings. The molecule has 0 amide bonds. The van der Waals surface area contributed by atoms with Crippen molar-refractivity contribution in [2.75, 3.05) is 25.1 Å². The number of methoxy groups -OCH3 is 1. The lowest BCUT2D eigenvalue weighted by molar-refractivity contribution is -0.511. The molecule has 0 radical (unpaired) electrons. The summed E-state index contributed by atoms with van der Waals surface area (Å²) in [5, 5.41) is 0. The van der Waals surface area contributed by atoms with Gasteiger partial charge in [0.1, 0.15) is 11.4 Å². The standard InChI is InChI=1S/C24H26N3O/c1-4-25(5-2)20-11-9-19(10-12-20)24-23-8-6-7-17-26(23)18-27(24)21-13-15-22(28-3)16-14-21/h6-18H,4-5H2,1-3H3/q+1. The summed E-state index contributed by atoms with van der Waals surface area (Å²) in [5.41, 5.74) is 5.91. The van der Waals surface area contributed by atoms with Gasteiger partial charge < -0.3 is 9.64 Å². The molecule has 4 rings (SSSR count). The maximum Gasteiger partial charge on any atom is 0.254 e. The van der Waals surface area contributed by atoms with Gasteiger partial charge in [-0.25, -0.2) is 4.40 Å². The van der Waals surface area contributed by atoms with Crippen molar-refractivity contribution in [2.24, 2.45) is 0 Å². The topological polar surface area (TPSA) is 21.5 Å². The molecule has 0 bridgehead atoms. The number of fused-ring (bicyclic) bond motifs is 1. The molecule has 2 aromatic heterocycles. The van der Waals surface area contributed by atoms with Crippen LogP contribution in [-0.2, 0) is 0 Å². The molecule has 2 heterocycles. The number of hydrogen-bond acceptors (Lipinski definition) is 2. The van der Waals surface area contributed by atoms with Gasteiger partial charge in [0.2, 0.25) is 0 Å². The van der Waals surface area contributed by atoms with Gasteiger partial charge in [0.15, 0.2) is 11.2 Å². The molecule has 4 nitrogen and oxygen atoms in total. The van der Waals surface area contributed by atoms with Gasteiger partial charge in [-0.2, -0.15) is 4.57 Å². The summed E-state index contributed by atoms with van der Waals surface area (Å²) in [7, 11) is 1.69. The van der Waals surface area contributed by atoms with E-state index in [1.165, 1.54) is 22.5 Å². The number of hydrogen-bond donors (Lipinski definition) is 0. The molecule has 0 saturated heterocycles. The van der Waals surface area contributed by atoms with E-state index in [2.05, 4.69) is 94.8 Å².